The summed E-state index contributed by atoms with van der Waals surface area (Å²) < 4.78 is 0. The molecule has 1 aromatic rings. The Kier molecular flexibility index (Phi) is 3.54. The zero-order valence-electron chi connectivity index (χ0n) is 8.53. The van der Waals surface area contributed by atoms with E-state index in [2.05, 4.69) is 17.2 Å². The number of nitrogens with one attached hydrogen (secondary N) is 1. The number of aliphatic imine (C=N–C) groups is 1. The predicted molar refractivity (Wildman–Crippen MR) is 67.6 cm³/mol. The van der Waals surface area contributed by atoms with Crippen LogP contribution in [-0.2, 0) is 5.75 Å². The van der Waals surface area contributed by atoms with Gasteiger partial charge >= 0.3 is 0 Å². The second kappa shape index (κ2) is 4.90. The molecular formula is C11H13ClN2S. The first-order valence-electron chi connectivity index (χ1n) is 4.92. The molecule has 0 aromatic heterocycles. The molecule has 0 spiro atoms. The molecule has 1 unspecified atom stereocenters. The maximum Gasteiger partial charge on any atom is 0.157 e. The van der Waals surface area contributed by atoms with Gasteiger partial charge in [-0.3, -0.25) is 4.99 Å². The number of hydrogen-bond donors (Lipinski definition) is 1. The second-order valence-electron chi connectivity index (χ2n) is 3.61. The lowest BCUT2D eigenvalue weighted by atomic mass is 10.2. The summed E-state index contributed by atoms with van der Waals surface area (Å²) in [6, 6.07) is 8.42. The van der Waals surface area contributed by atoms with Gasteiger partial charge in [-0.05, 0) is 24.6 Å². The van der Waals surface area contributed by atoms with Crippen molar-refractivity contribution in [1.82, 2.24) is 5.32 Å². The molecule has 0 aliphatic carbocycles. The van der Waals surface area contributed by atoms with Crippen LogP contribution < -0.4 is 5.32 Å². The van der Waals surface area contributed by atoms with Crippen LogP contribution in [0.15, 0.2) is 29.3 Å². The van der Waals surface area contributed by atoms with E-state index in [4.69, 9.17) is 11.6 Å². The summed E-state index contributed by atoms with van der Waals surface area (Å²) in [6.07, 6.45) is 0. The van der Waals surface area contributed by atoms with Crippen molar-refractivity contribution < 1.29 is 0 Å². The monoisotopic (exact) mass is 240 g/mol. The number of halogens is 1. The summed E-state index contributed by atoms with van der Waals surface area (Å²) in [6.45, 7) is 3.03. The fourth-order valence-corrected chi connectivity index (χ4v) is 2.41. The molecule has 1 N–H and O–H groups in total. The van der Waals surface area contributed by atoms with Gasteiger partial charge in [0.1, 0.15) is 0 Å². The summed E-state index contributed by atoms with van der Waals surface area (Å²) in [7, 11) is 0. The minimum Gasteiger partial charge on any atom is -0.361 e. The van der Waals surface area contributed by atoms with Crippen LogP contribution in [0, 0.1) is 0 Å². The highest BCUT2D eigenvalue weighted by atomic mass is 35.5. The van der Waals surface area contributed by atoms with Crippen LogP contribution in [0.4, 0.5) is 0 Å². The molecule has 1 aromatic carbocycles. The van der Waals surface area contributed by atoms with Gasteiger partial charge in [0.25, 0.3) is 0 Å². The van der Waals surface area contributed by atoms with Gasteiger partial charge in [0.2, 0.25) is 0 Å². The minimum absolute atomic E-state index is 0.484. The number of benzene rings is 1. The largest absolute Gasteiger partial charge is 0.361 e. The van der Waals surface area contributed by atoms with Gasteiger partial charge in [-0.25, -0.2) is 0 Å². The zero-order valence-corrected chi connectivity index (χ0v) is 10.1. The number of nitrogens with zero attached hydrogens (tertiary/aromatic N) is 1. The smallest absolute Gasteiger partial charge is 0.157 e. The van der Waals surface area contributed by atoms with E-state index >= 15 is 0 Å². The highest BCUT2D eigenvalue weighted by molar-refractivity contribution is 8.13. The molecule has 1 atom stereocenters. The molecule has 4 heteroatoms. The molecule has 0 fully saturated rings. The molecule has 1 heterocycles. The van der Waals surface area contributed by atoms with E-state index < -0.39 is 0 Å². The summed E-state index contributed by atoms with van der Waals surface area (Å²) in [5.41, 5.74) is 1.27. The molecule has 2 rings (SSSR count). The molecule has 80 valence electrons. The molecule has 0 saturated heterocycles. The number of hydrogen-bond acceptors (Lipinski definition) is 3. The van der Waals surface area contributed by atoms with Crippen LogP contribution in [0.2, 0.25) is 5.02 Å². The van der Waals surface area contributed by atoms with Crippen LogP contribution in [-0.4, -0.2) is 17.8 Å². The van der Waals surface area contributed by atoms with Crippen LogP contribution in [0.3, 0.4) is 0 Å². The van der Waals surface area contributed by atoms with Gasteiger partial charge in [0.05, 0.1) is 6.54 Å². The Bertz CT molecular complexity index is 361. The fourth-order valence-electron chi connectivity index (χ4n) is 1.34. The van der Waals surface area contributed by atoms with Gasteiger partial charge in [-0.2, -0.15) is 0 Å². The van der Waals surface area contributed by atoms with E-state index in [1.54, 1.807) is 11.8 Å². The lowest BCUT2D eigenvalue weighted by Crippen LogP contribution is -2.25. The standard InChI is InChI=1S/C11H13ClN2S/c1-8-6-13-11(14-8)15-7-9-2-4-10(12)5-3-9/h2-5,8H,6-7H2,1H3,(H,13,14). The highest BCUT2D eigenvalue weighted by Gasteiger charge is 2.12. The Labute approximate surface area is 99.1 Å². The van der Waals surface area contributed by atoms with E-state index in [9.17, 15) is 0 Å². The Morgan fingerprint density at radius 1 is 1.47 bits per heavy atom. The molecule has 1 aliphatic heterocycles. The number of thioether (sulfide) groups is 1. The summed E-state index contributed by atoms with van der Waals surface area (Å²) >= 11 is 7.56. The van der Waals surface area contributed by atoms with E-state index in [0.717, 1.165) is 22.5 Å². The van der Waals surface area contributed by atoms with Gasteiger partial charge in [0.15, 0.2) is 5.17 Å². The van der Waals surface area contributed by atoms with Crippen molar-refractivity contribution in [3.05, 3.63) is 34.9 Å². The van der Waals surface area contributed by atoms with Crippen LogP contribution >= 0.6 is 23.4 Å². The fraction of sp³-hybridized carbons (Fsp3) is 0.364. The van der Waals surface area contributed by atoms with Crippen molar-refractivity contribution in [1.29, 1.82) is 0 Å². The Morgan fingerprint density at radius 2 is 2.20 bits per heavy atom. The number of rotatable bonds is 2. The molecule has 0 radical (unpaired) electrons. The normalized spacial score (nSPS) is 19.9. The maximum absolute atomic E-state index is 5.82. The molecule has 1 aliphatic rings. The van der Waals surface area contributed by atoms with Crippen LogP contribution in [0.1, 0.15) is 12.5 Å². The van der Waals surface area contributed by atoms with Gasteiger partial charge in [-0.1, -0.05) is 35.5 Å². The van der Waals surface area contributed by atoms with Crippen molar-refractivity contribution in [3.63, 3.8) is 0 Å². The second-order valence-corrected chi connectivity index (χ2v) is 5.01. The first-order chi connectivity index (χ1) is 7.24. The SMILES string of the molecule is CC1CN=C(SCc2ccc(Cl)cc2)N1. The zero-order chi connectivity index (χ0) is 10.7. The minimum atomic E-state index is 0.484. The average molecular weight is 241 g/mol. The van der Waals surface area contributed by atoms with Crippen molar-refractivity contribution in [3.8, 4) is 0 Å². The lowest BCUT2D eigenvalue weighted by molar-refractivity contribution is 0.728. The maximum atomic E-state index is 5.82. The molecule has 0 saturated carbocycles. The molecule has 0 amide bonds. The third-order valence-corrected chi connectivity index (χ3v) is 3.42. The van der Waals surface area contributed by atoms with Gasteiger partial charge < -0.3 is 5.32 Å². The average Bonchev–Trinajstić information content (AvgIpc) is 2.64. The highest BCUT2D eigenvalue weighted by Crippen LogP contribution is 2.17. The van der Waals surface area contributed by atoms with E-state index in [0.29, 0.717) is 6.04 Å². The van der Waals surface area contributed by atoms with Crippen molar-refractivity contribution in [2.75, 3.05) is 6.54 Å². The lowest BCUT2D eigenvalue weighted by Gasteiger charge is -2.05. The quantitative estimate of drug-likeness (QED) is 0.860. The topological polar surface area (TPSA) is 24.4 Å². The van der Waals surface area contributed by atoms with E-state index in [-0.39, 0.29) is 0 Å². The first-order valence-corrected chi connectivity index (χ1v) is 6.28. The molecular weight excluding hydrogens is 228 g/mol. The van der Waals surface area contributed by atoms with Crippen molar-refractivity contribution in [2.24, 2.45) is 4.99 Å². The van der Waals surface area contributed by atoms with Crippen molar-refractivity contribution >= 4 is 28.5 Å². The first kappa shape index (κ1) is 10.8. The Hall–Kier alpha value is -0.670. The van der Waals surface area contributed by atoms with E-state index in [1.807, 2.05) is 24.3 Å². The Balaban J connectivity index is 1.86. The number of amidine groups is 1. The Morgan fingerprint density at radius 3 is 2.80 bits per heavy atom. The van der Waals surface area contributed by atoms with Gasteiger partial charge in [0, 0.05) is 16.8 Å². The van der Waals surface area contributed by atoms with Gasteiger partial charge in [-0.15, -0.1) is 0 Å². The molecule has 0 bridgehead atoms. The third kappa shape index (κ3) is 3.14. The molecule has 15 heavy (non-hydrogen) atoms. The summed E-state index contributed by atoms with van der Waals surface area (Å²) in [4.78, 5) is 4.39. The van der Waals surface area contributed by atoms with Crippen LogP contribution in [0.25, 0.3) is 0 Å². The summed E-state index contributed by atoms with van der Waals surface area (Å²) in [5.74, 6) is 0.940. The van der Waals surface area contributed by atoms with Crippen LogP contribution in [0.5, 0.6) is 0 Å². The molecule has 2 nitrogen and oxygen atoms in total. The summed E-state index contributed by atoms with van der Waals surface area (Å²) in [5, 5.41) is 5.16. The predicted octanol–water partition coefficient (Wildman–Crippen LogP) is 2.92. The third-order valence-electron chi connectivity index (χ3n) is 2.17. The van der Waals surface area contributed by atoms with E-state index in [1.165, 1.54) is 5.56 Å². The van der Waals surface area contributed by atoms with Crippen molar-refractivity contribution in [2.45, 2.75) is 18.7 Å².